The van der Waals surface area contributed by atoms with Crippen molar-refractivity contribution in [2.75, 3.05) is 0 Å². The number of aromatic nitrogens is 1. The molecule has 1 heteroatoms. The summed E-state index contributed by atoms with van der Waals surface area (Å²) in [4.78, 5) is 4.71. The number of benzene rings is 2. The Morgan fingerprint density at radius 3 is 2.32 bits per heavy atom. The van der Waals surface area contributed by atoms with Gasteiger partial charge in [-0.05, 0) is 17.5 Å². The highest BCUT2D eigenvalue weighted by atomic mass is 14.7. The van der Waals surface area contributed by atoms with Crippen molar-refractivity contribution in [2.45, 2.75) is 19.8 Å². The van der Waals surface area contributed by atoms with E-state index in [1.54, 1.807) is 0 Å². The topological polar surface area (TPSA) is 12.9 Å². The third-order valence-corrected chi connectivity index (χ3v) is 3.28. The van der Waals surface area contributed by atoms with Gasteiger partial charge in [0.2, 0.25) is 0 Å². The smallest absolute Gasteiger partial charge is 0.0712 e. The van der Waals surface area contributed by atoms with Crippen LogP contribution in [0.2, 0.25) is 0 Å². The maximum atomic E-state index is 4.71. The summed E-state index contributed by atoms with van der Waals surface area (Å²) in [5, 5.41) is 1.16. The van der Waals surface area contributed by atoms with Crippen molar-refractivity contribution in [3.8, 4) is 11.1 Å². The van der Waals surface area contributed by atoms with E-state index < -0.39 is 0 Å². The van der Waals surface area contributed by atoms with Gasteiger partial charge in [0.05, 0.1) is 11.2 Å². The monoisotopic (exact) mass is 246 g/mol. The third kappa shape index (κ3) is 2.24. The summed E-state index contributed by atoms with van der Waals surface area (Å²) in [7, 11) is 0. The van der Waals surface area contributed by atoms with Gasteiger partial charge in [-0.15, -0.1) is 0 Å². The van der Waals surface area contributed by atoms with Crippen LogP contribution in [-0.4, -0.2) is 4.98 Å². The van der Waals surface area contributed by atoms with Crippen LogP contribution in [0.15, 0.2) is 54.6 Å². The van der Waals surface area contributed by atoms with E-state index in [9.17, 15) is 0 Å². The molecule has 0 unspecified atom stereocenters. The fraction of sp³-hybridized carbons (Fsp3) is 0.167. The van der Waals surface area contributed by atoms with Crippen LogP contribution in [0.3, 0.4) is 0 Å². The average molecular weight is 246 g/mol. The van der Waals surface area contributed by atoms with Crippen LogP contribution in [-0.2, 0) is 0 Å². The second kappa shape index (κ2) is 4.85. The number of para-hydroxylation sites is 1. The molecule has 0 aliphatic rings. The summed E-state index contributed by atoms with van der Waals surface area (Å²) in [5.41, 5.74) is 4.42. The minimum Gasteiger partial charge on any atom is -0.252 e. The van der Waals surface area contributed by atoms with Crippen LogP contribution in [0.4, 0.5) is 0 Å². The number of nitrogens with zero attached hydrogens (tertiary/aromatic N) is 1. The van der Waals surface area contributed by atoms with Crippen molar-refractivity contribution in [2.24, 2.45) is 0 Å². The molecular formula is C18H16N. The first-order valence-electron chi connectivity index (χ1n) is 6.63. The fourth-order valence-electron chi connectivity index (χ4n) is 2.24. The molecule has 1 aromatic heterocycles. The Balaban J connectivity index is 2.33. The van der Waals surface area contributed by atoms with Gasteiger partial charge in [-0.1, -0.05) is 62.4 Å². The summed E-state index contributed by atoms with van der Waals surface area (Å²) in [6.07, 6.45) is 0. The average Bonchev–Trinajstić information content (AvgIpc) is 2.47. The van der Waals surface area contributed by atoms with Crippen molar-refractivity contribution >= 4 is 10.9 Å². The molecule has 3 aromatic rings. The molecule has 0 fully saturated rings. The molecule has 1 nitrogen and oxygen atoms in total. The lowest BCUT2D eigenvalue weighted by atomic mass is 9.97. The van der Waals surface area contributed by atoms with E-state index in [4.69, 9.17) is 4.98 Å². The maximum Gasteiger partial charge on any atom is 0.0712 e. The van der Waals surface area contributed by atoms with Gasteiger partial charge >= 0.3 is 0 Å². The first-order valence-corrected chi connectivity index (χ1v) is 6.63. The minimum absolute atomic E-state index is 0.382. The Kier molecular flexibility index (Phi) is 3.04. The Labute approximate surface area is 113 Å². The van der Waals surface area contributed by atoms with Crippen LogP contribution in [0, 0.1) is 6.07 Å². The Hall–Kier alpha value is -2.15. The first kappa shape index (κ1) is 11.9. The Morgan fingerprint density at radius 2 is 1.58 bits per heavy atom. The minimum atomic E-state index is 0.382. The Bertz CT molecular complexity index is 699. The standard InChI is InChI=1S/C18H16N/c1-13(2)18-12-16(14-8-4-3-5-9-14)15-10-6-7-11-17(15)19-18/h3-11,13H,1-2H3. The summed E-state index contributed by atoms with van der Waals surface area (Å²) in [6, 6.07) is 22.2. The zero-order chi connectivity index (χ0) is 13.2. The number of fused-ring (bicyclic) bond motifs is 1. The molecule has 0 N–H and O–H groups in total. The quantitative estimate of drug-likeness (QED) is 0.631. The second-order valence-corrected chi connectivity index (χ2v) is 5.03. The molecule has 0 atom stereocenters. The third-order valence-electron chi connectivity index (χ3n) is 3.28. The van der Waals surface area contributed by atoms with Gasteiger partial charge in [0.15, 0.2) is 0 Å². The molecule has 0 bridgehead atoms. The molecule has 3 rings (SSSR count). The molecule has 0 saturated carbocycles. The molecule has 1 radical (unpaired) electrons. The lowest BCUT2D eigenvalue weighted by molar-refractivity contribution is 0.828. The van der Waals surface area contributed by atoms with Gasteiger partial charge < -0.3 is 0 Å². The second-order valence-electron chi connectivity index (χ2n) is 5.03. The summed E-state index contributed by atoms with van der Waals surface area (Å²) >= 11 is 0. The molecule has 0 aliphatic carbocycles. The van der Waals surface area contributed by atoms with Crippen LogP contribution < -0.4 is 0 Å². The number of hydrogen-bond donors (Lipinski definition) is 0. The molecule has 1 heterocycles. The SMILES string of the molecule is CC(C)c1[c]c(-c2ccccc2)c2ccccc2n1. The molecule has 93 valence electrons. The summed E-state index contributed by atoms with van der Waals surface area (Å²) in [6.45, 7) is 4.31. The van der Waals surface area contributed by atoms with E-state index in [1.165, 1.54) is 5.56 Å². The van der Waals surface area contributed by atoms with Crippen LogP contribution >= 0.6 is 0 Å². The summed E-state index contributed by atoms with van der Waals surface area (Å²) < 4.78 is 0. The van der Waals surface area contributed by atoms with Crippen LogP contribution in [0.5, 0.6) is 0 Å². The van der Waals surface area contributed by atoms with E-state index in [-0.39, 0.29) is 0 Å². The van der Waals surface area contributed by atoms with Crippen LogP contribution in [0.25, 0.3) is 22.0 Å². The first-order chi connectivity index (χ1) is 9.25. The number of hydrogen-bond acceptors (Lipinski definition) is 1. The Morgan fingerprint density at radius 1 is 0.895 bits per heavy atom. The molecule has 2 aromatic carbocycles. The van der Waals surface area contributed by atoms with Crippen molar-refractivity contribution in [3.05, 3.63) is 66.4 Å². The lowest BCUT2D eigenvalue weighted by Crippen LogP contribution is -1.95. The van der Waals surface area contributed by atoms with E-state index in [1.807, 2.05) is 12.1 Å². The van der Waals surface area contributed by atoms with E-state index >= 15 is 0 Å². The van der Waals surface area contributed by atoms with Gasteiger partial charge in [-0.2, -0.15) is 0 Å². The molecule has 0 spiro atoms. The fourth-order valence-corrected chi connectivity index (χ4v) is 2.24. The predicted molar refractivity (Wildman–Crippen MR) is 80.1 cm³/mol. The lowest BCUT2D eigenvalue weighted by Gasteiger charge is -2.11. The highest BCUT2D eigenvalue weighted by Gasteiger charge is 2.10. The van der Waals surface area contributed by atoms with Gasteiger partial charge in [0.1, 0.15) is 0 Å². The predicted octanol–water partition coefficient (Wildman–Crippen LogP) is 4.83. The van der Waals surface area contributed by atoms with Gasteiger partial charge in [-0.25, -0.2) is 0 Å². The zero-order valence-electron chi connectivity index (χ0n) is 11.2. The van der Waals surface area contributed by atoms with Crippen molar-refractivity contribution in [1.29, 1.82) is 0 Å². The highest BCUT2D eigenvalue weighted by Crippen LogP contribution is 2.29. The van der Waals surface area contributed by atoms with Gasteiger partial charge in [0, 0.05) is 17.0 Å². The number of rotatable bonds is 2. The van der Waals surface area contributed by atoms with Crippen molar-refractivity contribution in [1.82, 2.24) is 4.98 Å². The largest absolute Gasteiger partial charge is 0.252 e. The number of pyridine rings is 1. The van der Waals surface area contributed by atoms with Crippen LogP contribution in [0.1, 0.15) is 25.5 Å². The summed E-state index contributed by atoms with van der Waals surface area (Å²) in [5.74, 6) is 0.382. The van der Waals surface area contributed by atoms with E-state index in [0.29, 0.717) is 5.92 Å². The molecule has 0 amide bonds. The zero-order valence-corrected chi connectivity index (χ0v) is 11.2. The van der Waals surface area contributed by atoms with E-state index in [0.717, 1.165) is 22.2 Å². The van der Waals surface area contributed by atoms with Gasteiger partial charge in [0.25, 0.3) is 0 Å². The maximum absolute atomic E-state index is 4.71. The highest BCUT2D eigenvalue weighted by molar-refractivity contribution is 5.94. The molecular weight excluding hydrogens is 230 g/mol. The molecule has 0 saturated heterocycles. The van der Waals surface area contributed by atoms with Crippen molar-refractivity contribution in [3.63, 3.8) is 0 Å². The van der Waals surface area contributed by atoms with E-state index in [2.05, 4.69) is 62.4 Å². The molecule has 0 aliphatic heterocycles. The van der Waals surface area contributed by atoms with Gasteiger partial charge in [-0.3, -0.25) is 4.98 Å². The van der Waals surface area contributed by atoms with Crippen molar-refractivity contribution < 1.29 is 0 Å². The molecule has 19 heavy (non-hydrogen) atoms. The normalized spacial score (nSPS) is 11.1.